The van der Waals surface area contributed by atoms with Crippen molar-refractivity contribution in [1.29, 1.82) is 0 Å². The zero-order chi connectivity index (χ0) is 14.5. The maximum Gasteiger partial charge on any atom is 0.162 e. The van der Waals surface area contributed by atoms with E-state index in [1.807, 2.05) is 26.2 Å². The van der Waals surface area contributed by atoms with E-state index in [2.05, 4.69) is 22.3 Å². The minimum Gasteiger partial charge on any atom is -0.504 e. The van der Waals surface area contributed by atoms with Gasteiger partial charge in [0, 0.05) is 24.3 Å². The summed E-state index contributed by atoms with van der Waals surface area (Å²) in [6.45, 7) is 1.38. The Labute approximate surface area is 119 Å². The number of phenolic OH excluding ortho intramolecular Hbond substituents is 2. The first-order valence-electron chi connectivity index (χ1n) is 6.53. The molecule has 0 aliphatic carbocycles. The van der Waals surface area contributed by atoms with Crippen LogP contribution in [0.15, 0.2) is 42.5 Å². The summed E-state index contributed by atoms with van der Waals surface area (Å²) in [5, 5.41) is 22.4. The normalized spacial score (nSPS) is 10.8. The third-order valence-electron chi connectivity index (χ3n) is 3.03. The number of nitrogens with one attached hydrogen (secondary N) is 1. The first-order chi connectivity index (χ1) is 9.56. The van der Waals surface area contributed by atoms with Crippen molar-refractivity contribution in [3.05, 3.63) is 53.6 Å². The van der Waals surface area contributed by atoms with E-state index in [-0.39, 0.29) is 11.5 Å². The third kappa shape index (κ3) is 3.65. The van der Waals surface area contributed by atoms with Crippen LogP contribution in [0.1, 0.15) is 11.1 Å². The van der Waals surface area contributed by atoms with Gasteiger partial charge in [0.25, 0.3) is 0 Å². The van der Waals surface area contributed by atoms with Crippen molar-refractivity contribution in [1.82, 2.24) is 4.90 Å². The maximum atomic E-state index is 9.72. The van der Waals surface area contributed by atoms with Crippen LogP contribution in [0.4, 0.5) is 5.69 Å². The lowest BCUT2D eigenvalue weighted by Crippen LogP contribution is -2.10. The molecule has 0 unspecified atom stereocenters. The van der Waals surface area contributed by atoms with Crippen molar-refractivity contribution in [3.8, 4) is 11.5 Å². The first kappa shape index (κ1) is 14.2. The Hall–Kier alpha value is -2.20. The van der Waals surface area contributed by atoms with E-state index in [9.17, 15) is 10.2 Å². The maximum absolute atomic E-state index is 9.72. The second kappa shape index (κ2) is 6.30. The van der Waals surface area contributed by atoms with Crippen LogP contribution in [0, 0.1) is 0 Å². The smallest absolute Gasteiger partial charge is 0.162 e. The molecule has 0 aromatic heterocycles. The summed E-state index contributed by atoms with van der Waals surface area (Å²) in [5.41, 5.74) is 2.90. The molecule has 0 spiro atoms. The molecule has 0 aliphatic rings. The second-order valence-electron chi connectivity index (χ2n) is 5.07. The molecule has 20 heavy (non-hydrogen) atoms. The molecule has 3 N–H and O–H groups in total. The summed E-state index contributed by atoms with van der Waals surface area (Å²) in [6.07, 6.45) is 0. The van der Waals surface area contributed by atoms with Gasteiger partial charge in [0.1, 0.15) is 0 Å². The van der Waals surface area contributed by atoms with E-state index in [0.717, 1.165) is 12.2 Å². The zero-order valence-corrected chi connectivity index (χ0v) is 11.8. The molecule has 0 bridgehead atoms. The van der Waals surface area contributed by atoms with Crippen LogP contribution in [0.5, 0.6) is 11.5 Å². The van der Waals surface area contributed by atoms with Crippen LogP contribution in [-0.2, 0) is 13.1 Å². The molecular formula is C16H20N2O2. The minimum atomic E-state index is -0.0920. The van der Waals surface area contributed by atoms with E-state index < -0.39 is 0 Å². The molecule has 0 saturated heterocycles. The predicted molar refractivity (Wildman–Crippen MR) is 80.9 cm³/mol. The van der Waals surface area contributed by atoms with Crippen LogP contribution in [0.3, 0.4) is 0 Å². The Kier molecular flexibility index (Phi) is 4.48. The van der Waals surface area contributed by atoms with Crippen molar-refractivity contribution >= 4 is 5.69 Å². The van der Waals surface area contributed by atoms with Gasteiger partial charge in [0.05, 0.1) is 0 Å². The van der Waals surface area contributed by atoms with Crippen molar-refractivity contribution in [2.45, 2.75) is 13.1 Å². The Balaban J connectivity index is 1.99. The number of anilines is 1. The third-order valence-corrected chi connectivity index (χ3v) is 3.03. The highest BCUT2D eigenvalue weighted by Gasteiger charge is 2.05. The summed E-state index contributed by atoms with van der Waals surface area (Å²) < 4.78 is 0. The van der Waals surface area contributed by atoms with E-state index in [1.54, 1.807) is 12.1 Å². The van der Waals surface area contributed by atoms with Gasteiger partial charge in [0.2, 0.25) is 0 Å². The molecule has 0 fully saturated rings. The monoisotopic (exact) mass is 272 g/mol. The SMILES string of the molecule is CN(C)Cc1ccc(NCc2cccc(O)c2O)cc1. The average molecular weight is 272 g/mol. The van der Waals surface area contributed by atoms with Crippen LogP contribution in [0.2, 0.25) is 0 Å². The van der Waals surface area contributed by atoms with Gasteiger partial charge >= 0.3 is 0 Å². The number of para-hydroxylation sites is 1. The zero-order valence-electron chi connectivity index (χ0n) is 11.8. The molecule has 0 saturated carbocycles. The van der Waals surface area contributed by atoms with Gasteiger partial charge in [-0.3, -0.25) is 0 Å². The molecule has 0 amide bonds. The van der Waals surface area contributed by atoms with Gasteiger partial charge in [-0.1, -0.05) is 24.3 Å². The fraction of sp³-hybridized carbons (Fsp3) is 0.250. The molecular weight excluding hydrogens is 252 g/mol. The minimum absolute atomic E-state index is 0.0655. The summed E-state index contributed by atoms with van der Waals surface area (Å²) in [5.74, 6) is -0.158. The topological polar surface area (TPSA) is 55.7 Å². The van der Waals surface area contributed by atoms with Gasteiger partial charge in [-0.05, 0) is 37.9 Å². The highest BCUT2D eigenvalue weighted by atomic mass is 16.3. The predicted octanol–water partition coefficient (Wildman–Crippen LogP) is 2.77. The molecule has 2 aromatic rings. The van der Waals surface area contributed by atoms with Gasteiger partial charge in [0.15, 0.2) is 11.5 Å². The average Bonchev–Trinajstić information content (AvgIpc) is 2.41. The largest absolute Gasteiger partial charge is 0.504 e. The molecule has 0 aliphatic heterocycles. The van der Waals surface area contributed by atoms with Crippen molar-refractivity contribution in [2.75, 3.05) is 19.4 Å². The van der Waals surface area contributed by atoms with Crippen LogP contribution < -0.4 is 5.32 Å². The quantitative estimate of drug-likeness (QED) is 0.733. The van der Waals surface area contributed by atoms with Gasteiger partial charge in [-0.15, -0.1) is 0 Å². The van der Waals surface area contributed by atoms with Crippen LogP contribution >= 0.6 is 0 Å². The van der Waals surface area contributed by atoms with E-state index in [1.165, 1.54) is 11.6 Å². The molecule has 4 nitrogen and oxygen atoms in total. The lowest BCUT2D eigenvalue weighted by atomic mass is 10.1. The standard InChI is InChI=1S/C16H20N2O2/c1-18(2)11-12-6-8-14(9-7-12)17-10-13-4-3-5-15(19)16(13)20/h3-9,17,19-20H,10-11H2,1-2H3. The lowest BCUT2D eigenvalue weighted by Gasteiger charge is -2.12. The summed E-state index contributed by atoms with van der Waals surface area (Å²) in [7, 11) is 4.08. The Bertz CT molecular complexity index is 565. The van der Waals surface area contributed by atoms with E-state index >= 15 is 0 Å². The molecule has 2 aromatic carbocycles. The molecule has 0 heterocycles. The number of hydrogen-bond acceptors (Lipinski definition) is 4. The molecule has 4 heteroatoms. The molecule has 0 atom stereocenters. The lowest BCUT2D eigenvalue weighted by molar-refractivity contribution is 0.400. The van der Waals surface area contributed by atoms with Crippen molar-refractivity contribution < 1.29 is 10.2 Å². The summed E-state index contributed by atoms with van der Waals surface area (Å²) in [6, 6.07) is 13.1. The van der Waals surface area contributed by atoms with Gasteiger partial charge in [-0.25, -0.2) is 0 Å². The summed E-state index contributed by atoms with van der Waals surface area (Å²) in [4.78, 5) is 2.12. The number of rotatable bonds is 5. The fourth-order valence-corrected chi connectivity index (χ4v) is 2.01. The Morgan fingerprint density at radius 3 is 2.35 bits per heavy atom. The number of aromatic hydroxyl groups is 2. The first-order valence-corrected chi connectivity index (χ1v) is 6.53. The van der Waals surface area contributed by atoms with Crippen molar-refractivity contribution in [2.24, 2.45) is 0 Å². The fourth-order valence-electron chi connectivity index (χ4n) is 2.01. The number of hydrogen-bond donors (Lipinski definition) is 3. The van der Waals surface area contributed by atoms with Crippen LogP contribution in [-0.4, -0.2) is 29.2 Å². The molecule has 0 radical (unpaired) electrons. The Morgan fingerprint density at radius 1 is 1.00 bits per heavy atom. The second-order valence-corrected chi connectivity index (χ2v) is 5.07. The van der Waals surface area contributed by atoms with E-state index in [4.69, 9.17) is 0 Å². The highest BCUT2D eigenvalue weighted by molar-refractivity contribution is 5.49. The van der Waals surface area contributed by atoms with Crippen LogP contribution in [0.25, 0.3) is 0 Å². The van der Waals surface area contributed by atoms with Crippen molar-refractivity contribution in [3.63, 3.8) is 0 Å². The number of benzene rings is 2. The summed E-state index contributed by atoms with van der Waals surface area (Å²) >= 11 is 0. The molecule has 2 rings (SSSR count). The van der Waals surface area contributed by atoms with Gasteiger partial charge < -0.3 is 20.4 Å². The highest BCUT2D eigenvalue weighted by Crippen LogP contribution is 2.28. The number of phenols is 2. The van der Waals surface area contributed by atoms with Gasteiger partial charge in [-0.2, -0.15) is 0 Å². The molecule has 106 valence electrons. The van der Waals surface area contributed by atoms with E-state index in [0.29, 0.717) is 12.1 Å². The Morgan fingerprint density at radius 2 is 1.70 bits per heavy atom. The number of nitrogens with zero attached hydrogens (tertiary/aromatic N) is 1.